The van der Waals surface area contributed by atoms with Gasteiger partial charge in [-0.05, 0) is 31.2 Å². The highest BCUT2D eigenvalue weighted by Gasteiger charge is 2.27. The molecule has 2 atom stereocenters. The first-order chi connectivity index (χ1) is 10.5. The maximum atomic E-state index is 13.7. The van der Waals surface area contributed by atoms with E-state index in [9.17, 15) is 9.18 Å². The number of hydrogen-bond acceptors (Lipinski definition) is 4. The smallest absolute Gasteiger partial charge is 0.250 e. The van der Waals surface area contributed by atoms with Gasteiger partial charge in [-0.1, -0.05) is 13.0 Å². The molecule has 0 bridgehead atoms. The van der Waals surface area contributed by atoms with Crippen LogP contribution in [0.2, 0.25) is 0 Å². The molecule has 1 aliphatic heterocycles. The molecule has 1 heterocycles. The van der Waals surface area contributed by atoms with Crippen molar-refractivity contribution >= 4 is 5.91 Å². The van der Waals surface area contributed by atoms with Crippen molar-refractivity contribution in [2.45, 2.75) is 26.0 Å². The standard InChI is InChI=1S/C16H23FN2O3/c1-4-19-7-8-22-15(10-19)16(20)18-11(2)12-5-6-14(21-3)13(17)9-12/h5-6,9,11,15H,4,7-8,10H2,1-3H3,(H,18,20)/t11-,15+/m0/s1. The summed E-state index contributed by atoms with van der Waals surface area (Å²) in [5.41, 5.74) is 0.690. The van der Waals surface area contributed by atoms with E-state index in [1.165, 1.54) is 13.2 Å². The normalized spacial score (nSPS) is 20.5. The lowest BCUT2D eigenvalue weighted by Crippen LogP contribution is -2.50. The van der Waals surface area contributed by atoms with Crippen molar-refractivity contribution in [3.8, 4) is 5.75 Å². The Hall–Kier alpha value is -1.66. The van der Waals surface area contributed by atoms with E-state index in [0.717, 1.165) is 13.1 Å². The van der Waals surface area contributed by atoms with Crippen LogP contribution in [-0.2, 0) is 9.53 Å². The minimum atomic E-state index is -0.473. The van der Waals surface area contributed by atoms with Crippen molar-refractivity contribution in [3.63, 3.8) is 0 Å². The SMILES string of the molecule is CCN1CCO[C@@H](C(=O)N[C@@H](C)c2ccc(OC)c(F)c2)C1. The maximum Gasteiger partial charge on any atom is 0.250 e. The van der Waals surface area contributed by atoms with E-state index in [0.29, 0.717) is 18.7 Å². The van der Waals surface area contributed by atoms with Gasteiger partial charge in [-0.3, -0.25) is 9.69 Å². The second-order valence-electron chi connectivity index (χ2n) is 5.38. The van der Waals surface area contributed by atoms with E-state index in [-0.39, 0.29) is 17.7 Å². The first kappa shape index (κ1) is 16.7. The zero-order chi connectivity index (χ0) is 16.1. The van der Waals surface area contributed by atoms with Gasteiger partial charge in [0.05, 0.1) is 19.8 Å². The number of amides is 1. The quantitative estimate of drug-likeness (QED) is 0.900. The third kappa shape index (κ3) is 3.96. The van der Waals surface area contributed by atoms with Crippen molar-refractivity contribution in [3.05, 3.63) is 29.6 Å². The van der Waals surface area contributed by atoms with Crippen LogP contribution in [0.4, 0.5) is 4.39 Å². The monoisotopic (exact) mass is 310 g/mol. The van der Waals surface area contributed by atoms with Crippen molar-refractivity contribution in [1.29, 1.82) is 0 Å². The van der Waals surface area contributed by atoms with Gasteiger partial charge < -0.3 is 14.8 Å². The van der Waals surface area contributed by atoms with Crippen LogP contribution in [0.25, 0.3) is 0 Å². The number of morpholine rings is 1. The number of ether oxygens (including phenoxy) is 2. The van der Waals surface area contributed by atoms with Crippen molar-refractivity contribution in [1.82, 2.24) is 10.2 Å². The van der Waals surface area contributed by atoms with Gasteiger partial charge in [-0.2, -0.15) is 0 Å². The highest BCUT2D eigenvalue weighted by atomic mass is 19.1. The van der Waals surface area contributed by atoms with Crippen molar-refractivity contribution in [2.24, 2.45) is 0 Å². The Morgan fingerprint density at radius 1 is 1.59 bits per heavy atom. The summed E-state index contributed by atoms with van der Waals surface area (Å²) in [5.74, 6) is -0.412. The van der Waals surface area contributed by atoms with Crippen LogP contribution in [0, 0.1) is 5.82 Å². The lowest BCUT2D eigenvalue weighted by Gasteiger charge is -2.31. The molecule has 1 aromatic rings. The number of benzene rings is 1. The molecule has 1 fully saturated rings. The Kier molecular flexibility index (Phi) is 5.74. The number of halogens is 1. The first-order valence-corrected chi connectivity index (χ1v) is 7.53. The molecular weight excluding hydrogens is 287 g/mol. The van der Waals surface area contributed by atoms with Gasteiger partial charge in [0.15, 0.2) is 11.6 Å². The molecule has 0 unspecified atom stereocenters. The predicted octanol–water partition coefficient (Wildman–Crippen LogP) is 1.73. The Labute approximate surface area is 130 Å². The first-order valence-electron chi connectivity index (χ1n) is 7.53. The van der Waals surface area contributed by atoms with Crippen molar-refractivity contribution in [2.75, 3.05) is 33.4 Å². The molecule has 1 amide bonds. The Bertz CT molecular complexity index is 524. The molecule has 0 saturated carbocycles. The molecular formula is C16H23FN2O3. The van der Waals surface area contributed by atoms with E-state index in [4.69, 9.17) is 9.47 Å². The zero-order valence-electron chi connectivity index (χ0n) is 13.3. The summed E-state index contributed by atoms with van der Waals surface area (Å²) in [4.78, 5) is 14.4. The summed E-state index contributed by atoms with van der Waals surface area (Å²) in [5, 5.41) is 2.88. The number of likely N-dealkylation sites (N-methyl/N-ethyl adjacent to an activating group) is 1. The van der Waals surface area contributed by atoms with Gasteiger partial charge in [-0.15, -0.1) is 0 Å². The molecule has 122 valence electrons. The molecule has 6 heteroatoms. The third-order valence-corrected chi connectivity index (χ3v) is 3.92. The molecule has 2 rings (SSSR count). The number of rotatable bonds is 5. The Balaban J connectivity index is 1.97. The van der Waals surface area contributed by atoms with E-state index < -0.39 is 11.9 Å². The van der Waals surface area contributed by atoms with E-state index >= 15 is 0 Å². The molecule has 0 spiro atoms. The molecule has 0 aliphatic carbocycles. The average molecular weight is 310 g/mol. The molecule has 5 nitrogen and oxygen atoms in total. The molecule has 0 radical (unpaired) electrons. The van der Waals surface area contributed by atoms with E-state index in [1.807, 2.05) is 6.92 Å². The number of hydrogen-bond donors (Lipinski definition) is 1. The summed E-state index contributed by atoms with van der Waals surface area (Å²) in [6.07, 6.45) is -0.473. The van der Waals surface area contributed by atoms with Gasteiger partial charge in [0.25, 0.3) is 5.91 Å². The fraction of sp³-hybridized carbons (Fsp3) is 0.562. The minimum Gasteiger partial charge on any atom is -0.494 e. The predicted molar refractivity (Wildman–Crippen MR) is 81.4 cm³/mol. The summed E-state index contributed by atoms with van der Waals surface area (Å²) in [7, 11) is 1.42. The van der Waals surface area contributed by atoms with E-state index in [1.54, 1.807) is 12.1 Å². The summed E-state index contributed by atoms with van der Waals surface area (Å²) >= 11 is 0. The van der Waals surface area contributed by atoms with Gasteiger partial charge in [0, 0.05) is 13.1 Å². The molecule has 1 aliphatic rings. The number of carbonyl (C=O) groups excluding carboxylic acids is 1. The molecule has 1 saturated heterocycles. The van der Waals surface area contributed by atoms with Gasteiger partial charge in [0.1, 0.15) is 6.10 Å². The van der Waals surface area contributed by atoms with Crippen LogP contribution in [0.15, 0.2) is 18.2 Å². The topological polar surface area (TPSA) is 50.8 Å². The fourth-order valence-corrected chi connectivity index (χ4v) is 2.49. The summed E-state index contributed by atoms with van der Waals surface area (Å²) < 4.78 is 24.1. The maximum absolute atomic E-state index is 13.7. The van der Waals surface area contributed by atoms with Crippen LogP contribution < -0.4 is 10.1 Å². The van der Waals surface area contributed by atoms with Crippen LogP contribution in [-0.4, -0.2) is 50.3 Å². The van der Waals surface area contributed by atoms with Gasteiger partial charge in [0.2, 0.25) is 0 Å². The highest BCUT2D eigenvalue weighted by molar-refractivity contribution is 5.81. The fourth-order valence-electron chi connectivity index (χ4n) is 2.49. The molecule has 22 heavy (non-hydrogen) atoms. The zero-order valence-corrected chi connectivity index (χ0v) is 13.3. The lowest BCUT2D eigenvalue weighted by atomic mass is 10.1. The number of nitrogens with one attached hydrogen (secondary N) is 1. The van der Waals surface area contributed by atoms with Gasteiger partial charge in [-0.25, -0.2) is 4.39 Å². The Morgan fingerprint density at radius 2 is 2.36 bits per heavy atom. The summed E-state index contributed by atoms with van der Waals surface area (Å²) in [6, 6.07) is 4.38. The second-order valence-corrected chi connectivity index (χ2v) is 5.38. The van der Waals surface area contributed by atoms with Gasteiger partial charge >= 0.3 is 0 Å². The molecule has 1 N–H and O–H groups in total. The third-order valence-electron chi connectivity index (χ3n) is 3.92. The molecule has 0 aromatic heterocycles. The molecule has 1 aromatic carbocycles. The highest BCUT2D eigenvalue weighted by Crippen LogP contribution is 2.22. The van der Waals surface area contributed by atoms with Crippen LogP contribution in [0.1, 0.15) is 25.5 Å². The van der Waals surface area contributed by atoms with Crippen LogP contribution >= 0.6 is 0 Å². The van der Waals surface area contributed by atoms with Crippen molar-refractivity contribution < 1.29 is 18.7 Å². The number of nitrogens with zero attached hydrogens (tertiary/aromatic N) is 1. The Morgan fingerprint density at radius 3 is 3.00 bits per heavy atom. The second kappa shape index (κ2) is 7.56. The largest absolute Gasteiger partial charge is 0.494 e. The van der Waals surface area contributed by atoms with E-state index in [2.05, 4.69) is 17.1 Å². The number of carbonyl (C=O) groups is 1. The van der Waals surface area contributed by atoms with Crippen LogP contribution in [0.5, 0.6) is 5.75 Å². The minimum absolute atomic E-state index is 0.165. The summed E-state index contributed by atoms with van der Waals surface area (Å²) in [6.45, 7) is 6.76. The number of methoxy groups -OCH3 is 1. The lowest BCUT2D eigenvalue weighted by molar-refractivity contribution is -0.139. The average Bonchev–Trinajstić information content (AvgIpc) is 2.54. The van der Waals surface area contributed by atoms with Crippen LogP contribution in [0.3, 0.4) is 0 Å².